The molecule has 0 aliphatic rings. The summed E-state index contributed by atoms with van der Waals surface area (Å²) in [6, 6.07) is 0. The maximum atomic E-state index is 12.5. The van der Waals surface area contributed by atoms with Gasteiger partial charge >= 0.3 is 11.9 Å². The van der Waals surface area contributed by atoms with E-state index in [1.54, 1.807) is 0 Å². The first-order valence-electron chi connectivity index (χ1n) is 16.1. The molecule has 1 atom stereocenters. The van der Waals surface area contributed by atoms with Crippen molar-refractivity contribution >= 4 is 11.9 Å². The van der Waals surface area contributed by atoms with E-state index in [2.05, 4.69) is 62.5 Å². The number of allylic oxidation sites excluding steroid dienone is 8. The molecular weight excluding hydrogens is 484 g/mol. The number of carbonyl (C=O) groups excluding carboxylic acids is 1. The Morgan fingerprint density at radius 1 is 0.590 bits per heavy atom. The first-order valence-corrected chi connectivity index (χ1v) is 16.1. The summed E-state index contributed by atoms with van der Waals surface area (Å²) in [5.41, 5.74) is 0. The fourth-order valence-electron chi connectivity index (χ4n) is 4.49. The van der Waals surface area contributed by atoms with Crippen molar-refractivity contribution < 1.29 is 19.4 Å². The highest BCUT2D eigenvalue weighted by atomic mass is 16.5. The minimum absolute atomic E-state index is 0.0223. The van der Waals surface area contributed by atoms with E-state index in [9.17, 15) is 9.59 Å². The van der Waals surface area contributed by atoms with Crippen LogP contribution >= 0.6 is 0 Å². The van der Waals surface area contributed by atoms with E-state index in [4.69, 9.17) is 9.84 Å². The number of hydrogen-bond acceptors (Lipinski definition) is 3. The van der Waals surface area contributed by atoms with Crippen LogP contribution in [0, 0.1) is 0 Å². The Morgan fingerprint density at radius 2 is 1.05 bits per heavy atom. The van der Waals surface area contributed by atoms with Gasteiger partial charge in [0.1, 0.15) is 6.10 Å². The molecule has 0 amide bonds. The predicted molar refractivity (Wildman–Crippen MR) is 167 cm³/mol. The third-order valence-corrected chi connectivity index (χ3v) is 6.83. The quantitative estimate of drug-likeness (QED) is 0.0604. The molecule has 1 unspecified atom stereocenters. The van der Waals surface area contributed by atoms with Crippen LogP contribution in [0.2, 0.25) is 0 Å². The Bertz CT molecular complexity index is 674. The number of ether oxygens (including phenoxy) is 1. The molecule has 0 aliphatic carbocycles. The monoisotopic (exact) mass is 544 g/mol. The standard InChI is InChI=1S/C35H60O4/c1-3-5-7-9-11-13-14-15-16-17-19-24-28-32-35(38)39-33(29-25-21-18-12-10-8-6-4-2)30-26-22-20-23-27-31-34(36)37/h5,7,11,13,15-16,19,24,33H,3-4,6,8-10,12,14,17-18,20-23,25-32H2,1-2H3,(H,36,37)/b7-5-,13-11-,16-15-,24-19-. The van der Waals surface area contributed by atoms with E-state index in [0.717, 1.165) is 83.5 Å². The number of aliphatic carboxylic acids is 1. The van der Waals surface area contributed by atoms with Gasteiger partial charge in [-0.15, -0.1) is 0 Å². The van der Waals surface area contributed by atoms with Crippen LogP contribution in [0.15, 0.2) is 48.6 Å². The highest BCUT2D eigenvalue weighted by Gasteiger charge is 2.14. The molecule has 0 radical (unpaired) electrons. The lowest BCUT2D eigenvalue weighted by molar-refractivity contribution is -0.149. The van der Waals surface area contributed by atoms with Crippen LogP contribution in [0.5, 0.6) is 0 Å². The SMILES string of the molecule is CC/C=C\C/C=C\C/C=C\C/C=C\CCC(=O)OC(CCCCCCCCCC)CCCCCCCC(=O)O. The average Bonchev–Trinajstić information content (AvgIpc) is 2.91. The van der Waals surface area contributed by atoms with E-state index in [1.165, 1.54) is 44.9 Å². The molecule has 0 heterocycles. The number of hydrogen-bond donors (Lipinski definition) is 1. The molecule has 0 saturated heterocycles. The summed E-state index contributed by atoms with van der Waals surface area (Å²) in [5.74, 6) is -0.791. The lowest BCUT2D eigenvalue weighted by Crippen LogP contribution is -2.18. The average molecular weight is 545 g/mol. The van der Waals surface area contributed by atoms with Crippen LogP contribution in [0.25, 0.3) is 0 Å². The molecule has 0 bridgehead atoms. The molecule has 0 aromatic carbocycles. The van der Waals surface area contributed by atoms with Gasteiger partial charge in [-0.1, -0.05) is 127 Å². The van der Waals surface area contributed by atoms with Gasteiger partial charge in [0, 0.05) is 12.8 Å². The number of rotatable bonds is 28. The maximum absolute atomic E-state index is 12.5. The third-order valence-electron chi connectivity index (χ3n) is 6.83. The molecule has 4 nitrogen and oxygen atoms in total. The first-order chi connectivity index (χ1) is 19.1. The summed E-state index contributed by atoms with van der Waals surface area (Å²) in [6.07, 6.45) is 39.8. The zero-order valence-electron chi connectivity index (χ0n) is 25.4. The van der Waals surface area contributed by atoms with Gasteiger partial charge < -0.3 is 9.84 Å². The van der Waals surface area contributed by atoms with E-state index >= 15 is 0 Å². The van der Waals surface area contributed by atoms with Gasteiger partial charge in [0.15, 0.2) is 0 Å². The second-order valence-corrected chi connectivity index (χ2v) is 10.6. The molecule has 0 aliphatic heterocycles. The van der Waals surface area contributed by atoms with Crippen LogP contribution in [-0.2, 0) is 14.3 Å². The van der Waals surface area contributed by atoms with Crippen molar-refractivity contribution in [2.75, 3.05) is 0 Å². The van der Waals surface area contributed by atoms with Crippen molar-refractivity contribution in [1.82, 2.24) is 0 Å². The number of carboxylic acids is 1. The van der Waals surface area contributed by atoms with Crippen molar-refractivity contribution in [3.8, 4) is 0 Å². The van der Waals surface area contributed by atoms with E-state index in [-0.39, 0.29) is 18.5 Å². The number of esters is 1. The fraction of sp³-hybridized carbons (Fsp3) is 0.714. The molecule has 39 heavy (non-hydrogen) atoms. The highest BCUT2D eigenvalue weighted by Crippen LogP contribution is 2.18. The summed E-state index contributed by atoms with van der Waals surface area (Å²) in [7, 11) is 0. The van der Waals surface area contributed by atoms with E-state index in [1.807, 2.05) is 0 Å². The van der Waals surface area contributed by atoms with Gasteiger partial charge in [-0.2, -0.15) is 0 Å². The predicted octanol–water partition coefficient (Wildman–Crippen LogP) is 10.8. The number of unbranched alkanes of at least 4 members (excludes halogenated alkanes) is 11. The topological polar surface area (TPSA) is 63.6 Å². The van der Waals surface area contributed by atoms with Crippen LogP contribution in [0.1, 0.15) is 155 Å². The Morgan fingerprint density at radius 3 is 1.56 bits per heavy atom. The minimum Gasteiger partial charge on any atom is -0.481 e. The molecule has 0 spiro atoms. The van der Waals surface area contributed by atoms with E-state index < -0.39 is 5.97 Å². The third kappa shape index (κ3) is 30.3. The second kappa shape index (κ2) is 30.4. The van der Waals surface area contributed by atoms with Gasteiger partial charge in [-0.3, -0.25) is 9.59 Å². The Balaban J connectivity index is 4.20. The fourth-order valence-corrected chi connectivity index (χ4v) is 4.49. The summed E-state index contributed by atoms with van der Waals surface area (Å²) >= 11 is 0. The van der Waals surface area contributed by atoms with Gasteiger partial charge in [-0.05, 0) is 64.2 Å². The summed E-state index contributed by atoms with van der Waals surface area (Å²) in [6.45, 7) is 4.40. The van der Waals surface area contributed by atoms with Gasteiger partial charge in [0.05, 0.1) is 0 Å². The zero-order chi connectivity index (χ0) is 28.7. The van der Waals surface area contributed by atoms with E-state index in [0.29, 0.717) is 6.42 Å². The Labute approximate surface area is 241 Å². The van der Waals surface area contributed by atoms with Crippen molar-refractivity contribution in [1.29, 1.82) is 0 Å². The van der Waals surface area contributed by atoms with Crippen LogP contribution in [-0.4, -0.2) is 23.1 Å². The largest absolute Gasteiger partial charge is 0.481 e. The van der Waals surface area contributed by atoms with Gasteiger partial charge in [0.25, 0.3) is 0 Å². The van der Waals surface area contributed by atoms with Crippen LogP contribution < -0.4 is 0 Å². The van der Waals surface area contributed by atoms with Crippen molar-refractivity contribution in [2.24, 2.45) is 0 Å². The second-order valence-electron chi connectivity index (χ2n) is 10.6. The van der Waals surface area contributed by atoms with Crippen molar-refractivity contribution in [3.63, 3.8) is 0 Å². The normalized spacial score (nSPS) is 12.9. The van der Waals surface area contributed by atoms with Crippen molar-refractivity contribution in [2.45, 2.75) is 161 Å². The molecule has 1 N–H and O–H groups in total. The van der Waals surface area contributed by atoms with Crippen LogP contribution in [0.3, 0.4) is 0 Å². The lowest BCUT2D eigenvalue weighted by atomic mass is 10.0. The molecule has 0 aromatic rings. The first kappa shape index (κ1) is 36.9. The Hall–Kier alpha value is -2.10. The molecule has 0 rings (SSSR count). The molecule has 0 fully saturated rings. The molecule has 0 saturated carbocycles. The zero-order valence-corrected chi connectivity index (χ0v) is 25.4. The summed E-state index contributed by atoms with van der Waals surface area (Å²) in [5, 5.41) is 8.76. The van der Waals surface area contributed by atoms with Crippen LogP contribution in [0.4, 0.5) is 0 Å². The van der Waals surface area contributed by atoms with Crippen molar-refractivity contribution in [3.05, 3.63) is 48.6 Å². The number of carboxylic acid groups (broad SMARTS) is 1. The van der Waals surface area contributed by atoms with Gasteiger partial charge in [-0.25, -0.2) is 0 Å². The Kier molecular flexibility index (Phi) is 28.8. The molecular formula is C35H60O4. The van der Waals surface area contributed by atoms with Gasteiger partial charge in [0.2, 0.25) is 0 Å². The highest BCUT2D eigenvalue weighted by molar-refractivity contribution is 5.69. The molecule has 4 heteroatoms. The molecule has 224 valence electrons. The molecule has 0 aromatic heterocycles. The minimum atomic E-state index is -0.711. The smallest absolute Gasteiger partial charge is 0.306 e. The maximum Gasteiger partial charge on any atom is 0.306 e. The lowest BCUT2D eigenvalue weighted by Gasteiger charge is -2.18. The summed E-state index contributed by atoms with van der Waals surface area (Å²) < 4.78 is 5.90. The summed E-state index contributed by atoms with van der Waals surface area (Å²) in [4.78, 5) is 23.1. The number of carbonyl (C=O) groups is 2.